The first-order valence-electron chi connectivity index (χ1n) is 5.99. The van der Waals surface area contributed by atoms with Crippen molar-refractivity contribution in [2.45, 2.75) is 58.0 Å². The number of rotatable bonds is 2. The van der Waals surface area contributed by atoms with Gasteiger partial charge in [0.1, 0.15) is 0 Å². The third kappa shape index (κ3) is 2.90. The van der Waals surface area contributed by atoms with Crippen LogP contribution in [0, 0.1) is 5.41 Å². The minimum atomic E-state index is 0.597. The number of thioether (sulfide) groups is 1. The van der Waals surface area contributed by atoms with E-state index in [1.54, 1.807) is 0 Å². The Bertz CT molecular complexity index is 185. The van der Waals surface area contributed by atoms with Gasteiger partial charge in [-0.05, 0) is 43.3 Å². The van der Waals surface area contributed by atoms with Gasteiger partial charge in [0.25, 0.3) is 0 Å². The molecule has 1 N–H and O–H groups in total. The van der Waals surface area contributed by atoms with E-state index in [-0.39, 0.29) is 0 Å². The van der Waals surface area contributed by atoms with E-state index >= 15 is 0 Å². The molecule has 2 atom stereocenters. The van der Waals surface area contributed by atoms with E-state index in [1.807, 2.05) is 0 Å². The van der Waals surface area contributed by atoms with Gasteiger partial charge in [-0.3, -0.25) is 0 Å². The van der Waals surface area contributed by atoms with Gasteiger partial charge in [0.15, 0.2) is 0 Å². The van der Waals surface area contributed by atoms with Crippen LogP contribution in [0.1, 0.15) is 46.0 Å². The van der Waals surface area contributed by atoms with E-state index in [1.165, 1.54) is 43.6 Å². The molecule has 1 aliphatic heterocycles. The lowest BCUT2D eigenvalue weighted by Crippen LogP contribution is -2.40. The monoisotopic (exact) mass is 213 g/mol. The first kappa shape index (κ1) is 10.8. The minimum absolute atomic E-state index is 0.597. The number of nitrogens with one attached hydrogen (secondary N) is 1. The van der Waals surface area contributed by atoms with E-state index in [4.69, 9.17) is 0 Å². The van der Waals surface area contributed by atoms with Gasteiger partial charge in [-0.15, -0.1) is 0 Å². The highest BCUT2D eigenvalue weighted by Gasteiger charge is 2.31. The molecule has 2 rings (SSSR count). The van der Waals surface area contributed by atoms with Gasteiger partial charge in [-0.25, -0.2) is 0 Å². The van der Waals surface area contributed by atoms with Gasteiger partial charge in [-0.2, -0.15) is 11.8 Å². The van der Waals surface area contributed by atoms with Gasteiger partial charge >= 0.3 is 0 Å². The first-order valence-corrected chi connectivity index (χ1v) is 7.15. The van der Waals surface area contributed by atoms with Crippen LogP contribution in [0.4, 0.5) is 0 Å². The zero-order valence-electron chi connectivity index (χ0n) is 9.51. The summed E-state index contributed by atoms with van der Waals surface area (Å²) in [5.74, 6) is 2.73. The van der Waals surface area contributed by atoms with Crippen LogP contribution in [0.3, 0.4) is 0 Å². The van der Waals surface area contributed by atoms with Crippen molar-refractivity contribution in [3.8, 4) is 0 Å². The smallest absolute Gasteiger partial charge is 0.0161 e. The number of hydrogen-bond acceptors (Lipinski definition) is 2. The Hall–Kier alpha value is 0.310. The second kappa shape index (κ2) is 4.44. The fraction of sp³-hybridized carbons (Fsp3) is 1.00. The molecule has 1 saturated carbocycles. The van der Waals surface area contributed by atoms with Crippen LogP contribution in [0.25, 0.3) is 0 Å². The van der Waals surface area contributed by atoms with Crippen molar-refractivity contribution < 1.29 is 0 Å². The predicted octanol–water partition coefficient (Wildman–Crippen LogP) is 3.05. The molecule has 0 aromatic rings. The van der Waals surface area contributed by atoms with Gasteiger partial charge in [0.05, 0.1) is 0 Å². The Morgan fingerprint density at radius 1 is 1.21 bits per heavy atom. The van der Waals surface area contributed by atoms with Gasteiger partial charge in [-0.1, -0.05) is 13.8 Å². The molecule has 0 bridgehead atoms. The van der Waals surface area contributed by atoms with Gasteiger partial charge in [0, 0.05) is 17.8 Å². The largest absolute Gasteiger partial charge is 0.310 e. The van der Waals surface area contributed by atoms with Crippen molar-refractivity contribution in [1.29, 1.82) is 0 Å². The molecule has 1 heterocycles. The van der Waals surface area contributed by atoms with Crippen LogP contribution in [0.15, 0.2) is 0 Å². The summed E-state index contributed by atoms with van der Waals surface area (Å²) in [7, 11) is 0. The summed E-state index contributed by atoms with van der Waals surface area (Å²) in [6, 6.07) is 1.63. The van der Waals surface area contributed by atoms with Gasteiger partial charge < -0.3 is 5.32 Å². The number of hydrogen-bond donors (Lipinski definition) is 1. The van der Waals surface area contributed by atoms with Crippen molar-refractivity contribution in [3.63, 3.8) is 0 Å². The van der Waals surface area contributed by atoms with Crippen molar-refractivity contribution in [2.75, 3.05) is 11.5 Å². The van der Waals surface area contributed by atoms with Crippen molar-refractivity contribution in [1.82, 2.24) is 5.32 Å². The molecule has 0 spiro atoms. The molecule has 0 amide bonds. The molecule has 1 saturated heterocycles. The fourth-order valence-electron chi connectivity index (χ4n) is 2.78. The summed E-state index contributed by atoms with van der Waals surface area (Å²) >= 11 is 2.12. The third-order valence-electron chi connectivity index (χ3n) is 3.60. The summed E-state index contributed by atoms with van der Waals surface area (Å²) in [4.78, 5) is 0. The van der Waals surface area contributed by atoms with Crippen molar-refractivity contribution in [3.05, 3.63) is 0 Å². The Morgan fingerprint density at radius 3 is 2.64 bits per heavy atom. The highest BCUT2D eigenvalue weighted by molar-refractivity contribution is 7.99. The summed E-state index contributed by atoms with van der Waals surface area (Å²) < 4.78 is 0. The molecule has 0 aromatic carbocycles. The quantitative estimate of drug-likeness (QED) is 0.756. The van der Waals surface area contributed by atoms with Crippen molar-refractivity contribution >= 4 is 11.8 Å². The molecule has 0 radical (unpaired) electrons. The maximum atomic E-state index is 3.85. The Kier molecular flexibility index (Phi) is 3.43. The van der Waals surface area contributed by atoms with Gasteiger partial charge in [0.2, 0.25) is 0 Å². The molecule has 2 heteroatoms. The molecular formula is C12H23NS. The predicted molar refractivity (Wildman–Crippen MR) is 64.9 cm³/mol. The van der Waals surface area contributed by atoms with E-state index in [2.05, 4.69) is 30.9 Å². The summed E-state index contributed by atoms with van der Waals surface area (Å²) in [6.07, 6.45) is 7.01. The van der Waals surface area contributed by atoms with Crippen LogP contribution in [0.5, 0.6) is 0 Å². The summed E-state index contributed by atoms with van der Waals surface area (Å²) in [5.41, 5.74) is 0.597. The normalized spacial score (nSPS) is 37.3. The highest BCUT2D eigenvalue weighted by Crippen LogP contribution is 2.37. The Morgan fingerprint density at radius 2 is 2.07 bits per heavy atom. The van der Waals surface area contributed by atoms with E-state index in [9.17, 15) is 0 Å². The van der Waals surface area contributed by atoms with E-state index < -0.39 is 0 Å². The van der Waals surface area contributed by atoms with E-state index in [0.717, 1.165) is 12.1 Å². The van der Waals surface area contributed by atoms with Crippen LogP contribution in [-0.4, -0.2) is 23.6 Å². The molecular weight excluding hydrogens is 190 g/mol. The summed E-state index contributed by atoms with van der Waals surface area (Å²) in [6.45, 7) is 4.81. The first-order chi connectivity index (χ1) is 6.66. The topological polar surface area (TPSA) is 12.0 Å². The highest BCUT2D eigenvalue weighted by atomic mass is 32.2. The van der Waals surface area contributed by atoms with Crippen molar-refractivity contribution in [2.24, 2.45) is 5.41 Å². The molecule has 1 aliphatic carbocycles. The average Bonchev–Trinajstić information content (AvgIpc) is 2.47. The minimum Gasteiger partial charge on any atom is -0.310 e. The standard InChI is InChI=1S/C12H23NS/c1-12(2)6-5-10(8-12)13-11-4-3-7-14-9-11/h10-11,13H,3-9H2,1-2H3. The lowest BCUT2D eigenvalue weighted by Gasteiger charge is -2.27. The maximum absolute atomic E-state index is 3.85. The van der Waals surface area contributed by atoms with E-state index in [0.29, 0.717) is 5.41 Å². The van der Waals surface area contributed by atoms with Crippen LogP contribution < -0.4 is 5.32 Å². The average molecular weight is 213 g/mol. The molecule has 2 unspecified atom stereocenters. The molecule has 0 aromatic heterocycles. The third-order valence-corrected chi connectivity index (χ3v) is 4.82. The zero-order chi connectivity index (χ0) is 10.0. The van der Waals surface area contributed by atoms with Crippen LogP contribution >= 0.6 is 11.8 Å². The molecule has 2 fully saturated rings. The Labute approximate surface area is 92.4 Å². The molecule has 82 valence electrons. The fourth-order valence-corrected chi connectivity index (χ4v) is 3.87. The second-order valence-electron chi connectivity index (χ2n) is 5.68. The molecule has 1 nitrogen and oxygen atoms in total. The molecule has 2 aliphatic rings. The summed E-state index contributed by atoms with van der Waals surface area (Å²) in [5, 5.41) is 3.85. The maximum Gasteiger partial charge on any atom is 0.0161 e. The Balaban J connectivity index is 1.75. The lowest BCUT2D eigenvalue weighted by atomic mass is 9.92. The lowest BCUT2D eigenvalue weighted by molar-refractivity contribution is 0.351. The zero-order valence-corrected chi connectivity index (χ0v) is 10.3. The second-order valence-corrected chi connectivity index (χ2v) is 6.83. The molecule has 14 heavy (non-hydrogen) atoms. The van der Waals surface area contributed by atoms with Crippen LogP contribution in [-0.2, 0) is 0 Å². The van der Waals surface area contributed by atoms with Crippen LogP contribution in [0.2, 0.25) is 0 Å². The SMILES string of the molecule is CC1(C)CCC(NC2CCCSC2)C1.